The van der Waals surface area contributed by atoms with Gasteiger partial charge >= 0.3 is 0 Å². The molecule has 0 bridgehead atoms. The smallest absolute Gasteiger partial charge is 0.0510 e. The molecule has 1 aromatic carbocycles. The zero-order valence-corrected chi connectivity index (χ0v) is 14.1. The van der Waals surface area contributed by atoms with Gasteiger partial charge in [0.1, 0.15) is 0 Å². The minimum Gasteiger partial charge on any atom is -0.326 e. The Kier molecular flexibility index (Phi) is 5.91. The van der Waals surface area contributed by atoms with Gasteiger partial charge in [-0.25, -0.2) is 0 Å². The number of hydrogen-bond acceptors (Lipinski definition) is 3. The Balaban J connectivity index is 2.26. The lowest BCUT2D eigenvalue weighted by Crippen LogP contribution is -2.38. The number of benzene rings is 1. The third kappa shape index (κ3) is 4.13. The number of nitrogens with zero attached hydrogens (tertiary/aromatic N) is 2. The third-order valence-electron chi connectivity index (χ3n) is 3.73. The molecule has 0 aliphatic heterocycles. The molecule has 0 spiro atoms. The van der Waals surface area contributed by atoms with Gasteiger partial charge in [0.25, 0.3) is 0 Å². The Morgan fingerprint density at radius 2 is 2.00 bits per heavy atom. The van der Waals surface area contributed by atoms with Crippen LogP contribution in [0.5, 0.6) is 0 Å². The Morgan fingerprint density at radius 3 is 2.62 bits per heavy atom. The highest BCUT2D eigenvalue weighted by Crippen LogP contribution is 2.30. The van der Waals surface area contributed by atoms with Crippen molar-refractivity contribution in [3.05, 3.63) is 64.4 Å². The molecular weight excluding hydrogens is 326 g/mol. The van der Waals surface area contributed by atoms with E-state index in [1.807, 2.05) is 18.3 Å². The largest absolute Gasteiger partial charge is 0.326 e. The summed E-state index contributed by atoms with van der Waals surface area (Å²) in [5.74, 6) is 0. The molecule has 3 nitrogen and oxygen atoms in total. The zero-order chi connectivity index (χ0) is 15.2. The van der Waals surface area contributed by atoms with E-state index >= 15 is 0 Å². The molecular formula is C17H22BrN3. The van der Waals surface area contributed by atoms with Crippen LogP contribution in [0.15, 0.2) is 53.3 Å². The van der Waals surface area contributed by atoms with Crippen LogP contribution in [0.1, 0.15) is 30.5 Å². The van der Waals surface area contributed by atoms with E-state index in [4.69, 9.17) is 5.73 Å². The van der Waals surface area contributed by atoms with Crippen molar-refractivity contribution in [3.63, 3.8) is 0 Å². The fraction of sp³-hybridized carbons (Fsp3) is 0.353. The van der Waals surface area contributed by atoms with E-state index in [-0.39, 0.29) is 12.1 Å². The number of rotatable bonds is 6. The first-order valence-corrected chi connectivity index (χ1v) is 8.02. The van der Waals surface area contributed by atoms with Crippen LogP contribution in [0.25, 0.3) is 0 Å². The van der Waals surface area contributed by atoms with Crippen LogP contribution >= 0.6 is 15.9 Å². The predicted octanol–water partition coefficient (Wildman–Crippen LogP) is 3.75. The summed E-state index contributed by atoms with van der Waals surface area (Å²) in [6.07, 6.45) is 4.64. The fourth-order valence-electron chi connectivity index (χ4n) is 2.61. The molecule has 2 rings (SSSR count). The van der Waals surface area contributed by atoms with Gasteiger partial charge in [0, 0.05) is 29.5 Å². The molecule has 112 valence electrons. The Morgan fingerprint density at radius 1 is 1.24 bits per heavy atom. The molecule has 2 atom stereocenters. The fourth-order valence-corrected chi connectivity index (χ4v) is 3.13. The van der Waals surface area contributed by atoms with E-state index in [1.165, 1.54) is 11.1 Å². The van der Waals surface area contributed by atoms with Crippen LogP contribution in [0.4, 0.5) is 0 Å². The van der Waals surface area contributed by atoms with Gasteiger partial charge in [0.05, 0.1) is 6.04 Å². The second kappa shape index (κ2) is 7.69. The van der Waals surface area contributed by atoms with Gasteiger partial charge in [0.2, 0.25) is 0 Å². The van der Waals surface area contributed by atoms with Crippen molar-refractivity contribution in [1.29, 1.82) is 0 Å². The maximum atomic E-state index is 6.39. The highest BCUT2D eigenvalue weighted by Gasteiger charge is 2.24. The second-order valence-corrected chi connectivity index (χ2v) is 6.17. The maximum absolute atomic E-state index is 6.39. The van der Waals surface area contributed by atoms with E-state index in [2.05, 4.69) is 64.1 Å². The summed E-state index contributed by atoms with van der Waals surface area (Å²) in [5.41, 5.74) is 8.82. The van der Waals surface area contributed by atoms with Crippen molar-refractivity contribution in [2.75, 3.05) is 7.05 Å². The number of hydrogen-bond donors (Lipinski definition) is 1. The normalized spacial score (nSPS) is 14.1. The van der Waals surface area contributed by atoms with Crippen LogP contribution in [-0.2, 0) is 6.54 Å². The number of aromatic nitrogens is 1. The van der Waals surface area contributed by atoms with Crippen LogP contribution in [0.2, 0.25) is 0 Å². The zero-order valence-electron chi connectivity index (χ0n) is 12.5. The summed E-state index contributed by atoms with van der Waals surface area (Å²) in [7, 11) is 2.12. The molecule has 1 aromatic heterocycles. The molecule has 0 radical (unpaired) electrons. The molecule has 1 heterocycles. The lowest BCUT2D eigenvalue weighted by atomic mass is 9.96. The molecule has 0 aliphatic rings. The molecule has 0 saturated heterocycles. The molecule has 0 aliphatic carbocycles. The summed E-state index contributed by atoms with van der Waals surface area (Å²) >= 11 is 3.65. The molecule has 4 heteroatoms. The van der Waals surface area contributed by atoms with E-state index in [9.17, 15) is 0 Å². The summed E-state index contributed by atoms with van der Waals surface area (Å²) in [4.78, 5) is 6.48. The standard InChI is InChI=1S/C17H22BrN3/c1-3-16(19)17(14-8-4-5-9-15(14)18)21(2)12-13-7-6-10-20-11-13/h4-11,16-17H,3,12,19H2,1-2H3. The third-order valence-corrected chi connectivity index (χ3v) is 4.45. The minimum absolute atomic E-state index is 0.0883. The summed E-state index contributed by atoms with van der Waals surface area (Å²) < 4.78 is 1.11. The number of nitrogens with two attached hydrogens (primary N) is 1. The van der Waals surface area contributed by atoms with Crippen LogP contribution in [-0.4, -0.2) is 23.0 Å². The van der Waals surface area contributed by atoms with Crippen LogP contribution in [0, 0.1) is 0 Å². The Labute approximate surface area is 135 Å². The SMILES string of the molecule is CCC(N)C(c1ccccc1Br)N(C)Cc1cccnc1. The van der Waals surface area contributed by atoms with Gasteiger partial charge in [-0.2, -0.15) is 0 Å². The number of likely N-dealkylation sites (N-methyl/N-ethyl adjacent to an activating group) is 1. The van der Waals surface area contributed by atoms with Crippen molar-refractivity contribution in [2.45, 2.75) is 32.0 Å². The Hall–Kier alpha value is -1.23. The summed E-state index contributed by atoms with van der Waals surface area (Å²) in [6.45, 7) is 2.96. The first-order chi connectivity index (χ1) is 10.1. The minimum atomic E-state index is 0.0883. The highest BCUT2D eigenvalue weighted by atomic mass is 79.9. The number of pyridine rings is 1. The molecule has 0 saturated carbocycles. The summed E-state index contributed by atoms with van der Waals surface area (Å²) in [5, 5.41) is 0. The van der Waals surface area contributed by atoms with Gasteiger partial charge in [-0.3, -0.25) is 9.88 Å². The van der Waals surface area contributed by atoms with Crippen molar-refractivity contribution in [2.24, 2.45) is 5.73 Å². The van der Waals surface area contributed by atoms with Gasteiger partial charge < -0.3 is 5.73 Å². The van der Waals surface area contributed by atoms with E-state index < -0.39 is 0 Å². The average Bonchev–Trinajstić information content (AvgIpc) is 2.50. The van der Waals surface area contributed by atoms with E-state index in [1.54, 1.807) is 6.20 Å². The lowest BCUT2D eigenvalue weighted by molar-refractivity contribution is 0.201. The van der Waals surface area contributed by atoms with Crippen molar-refractivity contribution < 1.29 is 0 Å². The van der Waals surface area contributed by atoms with Crippen LogP contribution < -0.4 is 5.73 Å². The van der Waals surface area contributed by atoms with Gasteiger partial charge in [-0.05, 0) is 36.7 Å². The molecule has 2 aromatic rings. The highest BCUT2D eigenvalue weighted by molar-refractivity contribution is 9.10. The average molecular weight is 348 g/mol. The summed E-state index contributed by atoms with van der Waals surface area (Å²) in [6, 6.07) is 12.6. The van der Waals surface area contributed by atoms with Gasteiger partial charge in [-0.1, -0.05) is 47.1 Å². The van der Waals surface area contributed by atoms with Crippen molar-refractivity contribution >= 4 is 15.9 Å². The Bertz CT molecular complexity index is 559. The predicted molar refractivity (Wildman–Crippen MR) is 90.9 cm³/mol. The molecule has 0 fully saturated rings. The quantitative estimate of drug-likeness (QED) is 0.864. The van der Waals surface area contributed by atoms with Gasteiger partial charge in [0.15, 0.2) is 0 Å². The topological polar surface area (TPSA) is 42.1 Å². The van der Waals surface area contributed by atoms with Crippen molar-refractivity contribution in [1.82, 2.24) is 9.88 Å². The lowest BCUT2D eigenvalue weighted by Gasteiger charge is -2.33. The first-order valence-electron chi connectivity index (χ1n) is 7.22. The number of halogens is 1. The maximum Gasteiger partial charge on any atom is 0.0510 e. The monoisotopic (exact) mass is 347 g/mol. The first kappa shape index (κ1) is 16.1. The molecule has 2 unspecified atom stereocenters. The van der Waals surface area contributed by atoms with E-state index in [0.29, 0.717) is 0 Å². The molecule has 21 heavy (non-hydrogen) atoms. The van der Waals surface area contributed by atoms with Crippen molar-refractivity contribution in [3.8, 4) is 0 Å². The van der Waals surface area contributed by atoms with Crippen LogP contribution in [0.3, 0.4) is 0 Å². The van der Waals surface area contributed by atoms with E-state index in [0.717, 1.165) is 17.4 Å². The second-order valence-electron chi connectivity index (χ2n) is 5.31. The molecule has 2 N–H and O–H groups in total. The van der Waals surface area contributed by atoms with Gasteiger partial charge in [-0.15, -0.1) is 0 Å². The molecule has 0 amide bonds.